The molecule has 0 spiro atoms. The Bertz CT molecular complexity index is 784. The normalized spacial score (nSPS) is 10.7. The van der Waals surface area contributed by atoms with Gasteiger partial charge in [0.25, 0.3) is 0 Å². The molecule has 0 aliphatic rings. The summed E-state index contributed by atoms with van der Waals surface area (Å²) >= 11 is 12.5. The SMILES string of the molecule is CCCOc1cc(OCCC)c(PC(=O)c2c(Cl)cccc2Cl)c(OCCC)c1.[LiH]. The van der Waals surface area contributed by atoms with Crippen molar-refractivity contribution in [2.45, 2.75) is 40.0 Å². The minimum absolute atomic E-state index is 0. The number of hydrogen-bond acceptors (Lipinski definition) is 4. The maximum atomic E-state index is 13.1. The number of carbonyl (C=O) groups is 1. The van der Waals surface area contributed by atoms with Gasteiger partial charge in [0.05, 0.1) is 40.7 Å². The van der Waals surface area contributed by atoms with Crippen molar-refractivity contribution >= 4 is 61.5 Å². The zero-order valence-corrected chi connectivity index (χ0v) is 19.5. The van der Waals surface area contributed by atoms with Gasteiger partial charge in [-0.25, -0.2) is 0 Å². The summed E-state index contributed by atoms with van der Waals surface area (Å²) in [6.07, 6.45) is 2.58. The van der Waals surface area contributed by atoms with Crippen LogP contribution in [0.2, 0.25) is 10.0 Å². The first-order valence-corrected chi connectivity index (χ1v) is 11.6. The van der Waals surface area contributed by atoms with E-state index in [1.165, 1.54) is 0 Å². The van der Waals surface area contributed by atoms with Crippen LogP contribution in [0.25, 0.3) is 0 Å². The third-order valence-electron chi connectivity index (χ3n) is 3.86. The number of halogens is 2. The van der Waals surface area contributed by atoms with Crippen LogP contribution in [0.4, 0.5) is 0 Å². The van der Waals surface area contributed by atoms with Gasteiger partial charge in [0.15, 0.2) is 5.52 Å². The van der Waals surface area contributed by atoms with Gasteiger partial charge in [0.1, 0.15) is 17.2 Å². The van der Waals surface area contributed by atoms with E-state index >= 15 is 0 Å². The first-order valence-electron chi connectivity index (χ1n) is 9.83. The monoisotopic (exact) mass is 464 g/mol. The van der Waals surface area contributed by atoms with Gasteiger partial charge >= 0.3 is 18.9 Å². The molecule has 0 bridgehead atoms. The van der Waals surface area contributed by atoms with Crippen molar-refractivity contribution in [3.05, 3.63) is 45.9 Å². The van der Waals surface area contributed by atoms with Crippen molar-refractivity contribution in [2.75, 3.05) is 19.8 Å². The summed E-state index contributed by atoms with van der Waals surface area (Å²) in [5.41, 5.74) is 0.161. The Labute approximate surface area is 202 Å². The molecular weight excluding hydrogens is 437 g/mol. The standard InChI is InChI=1S/C22H27Cl2O4P.Li.H/c1-4-10-26-15-13-18(27-11-5-2)21(19(14-15)28-12-6-3)29-22(25)20-16(23)8-7-9-17(20)24;;/h7-9,13-14,29H,4-6,10-12H2,1-3H3;;. The number of rotatable bonds is 12. The third-order valence-corrected chi connectivity index (χ3v) is 5.71. The summed E-state index contributed by atoms with van der Waals surface area (Å²) in [5.74, 6) is 1.86. The molecule has 0 aliphatic carbocycles. The van der Waals surface area contributed by atoms with Crippen LogP contribution in [-0.4, -0.2) is 44.2 Å². The average Bonchev–Trinajstić information content (AvgIpc) is 2.70. The van der Waals surface area contributed by atoms with E-state index in [1.807, 2.05) is 32.9 Å². The molecule has 2 aromatic rings. The summed E-state index contributed by atoms with van der Waals surface area (Å²) in [4.78, 5) is 13.1. The van der Waals surface area contributed by atoms with Gasteiger partial charge < -0.3 is 14.2 Å². The Balaban J connectivity index is 0.00000450. The molecule has 30 heavy (non-hydrogen) atoms. The first-order chi connectivity index (χ1) is 14.0. The van der Waals surface area contributed by atoms with Crippen molar-refractivity contribution in [2.24, 2.45) is 0 Å². The Morgan fingerprint density at radius 1 is 0.867 bits per heavy atom. The first kappa shape index (κ1) is 27.2. The number of carbonyl (C=O) groups excluding carboxylic acids is 1. The topological polar surface area (TPSA) is 44.8 Å². The number of hydrogen-bond donors (Lipinski definition) is 0. The molecule has 0 saturated heterocycles. The van der Waals surface area contributed by atoms with Crippen LogP contribution >= 0.6 is 31.8 Å². The van der Waals surface area contributed by atoms with Crippen molar-refractivity contribution < 1.29 is 19.0 Å². The molecule has 0 fully saturated rings. The molecule has 8 heteroatoms. The molecule has 4 nitrogen and oxygen atoms in total. The summed E-state index contributed by atoms with van der Waals surface area (Å²) < 4.78 is 17.7. The van der Waals surface area contributed by atoms with E-state index in [4.69, 9.17) is 37.4 Å². The summed E-state index contributed by atoms with van der Waals surface area (Å²) in [5, 5.41) is 1.38. The van der Waals surface area contributed by atoms with Crippen molar-refractivity contribution in [1.29, 1.82) is 0 Å². The van der Waals surface area contributed by atoms with Crippen molar-refractivity contribution in [3.8, 4) is 17.2 Å². The maximum absolute atomic E-state index is 13.1. The van der Waals surface area contributed by atoms with Gasteiger partial charge in [-0.15, -0.1) is 0 Å². The third kappa shape index (κ3) is 7.67. The van der Waals surface area contributed by atoms with Crippen LogP contribution < -0.4 is 19.5 Å². The zero-order chi connectivity index (χ0) is 21.2. The van der Waals surface area contributed by atoms with Crippen LogP contribution in [-0.2, 0) is 0 Å². The van der Waals surface area contributed by atoms with E-state index in [-0.39, 0.29) is 33.0 Å². The van der Waals surface area contributed by atoms with Gasteiger partial charge in [-0.3, -0.25) is 4.79 Å². The fourth-order valence-electron chi connectivity index (χ4n) is 2.53. The molecule has 0 amide bonds. The van der Waals surface area contributed by atoms with E-state index in [9.17, 15) is 4.79 Å². The zero-order valence-electron chi connectivity index (χ0n) is 17.0. The Hall–Kier alpha value is -0.883. The van der Waals surface area contributed by atoms with Gasteiger partial charge in [-0.2, -0.15) is 0 Å². The van der Waals surface area contributed by atoms with Crippen LogP contribution in [0.3, 0.4) is 0 Å². The fourth-order valence-corrected chi connectivity index (χ4v) is 4.42. The van der Waals surface area contributed by atoms with Crippen LogP contribution in [0.5, 0.6) is 17.2 Å². The van der Waals surface area contributed by atoms with Crippen LogP contribution in [0.15, 0.2) is 30.3 Å². The van der Waals surface area contributed by atoms with Crippen LogP contribution in [0.1, 0.15) is 50.4 Å². The second kappa shape index (κ2) is 14.2. The quantitative estimate of drug-likeness (QED) is 0.291. The van der Waals surface area contributed by atoms with E-state index < -0.39 is 0 Å². The molecule has 1 atom stereocenters. The number of benzene rings is 2. The molecule has 1 unspecified atom stereocenters. The molecular formula is C22H28Cl2LiO4P. The van der Waals surface area contributed by atoms with E-state index in [1.54, 1.807) is 18.2 Å². The van der Waals surface area contributed by atoms with E-state index in [0.717, 1.165) is 19.3 Å². The predicted molar refractivity (Wildman–Crippen MR) is 130 cm³/mol. The molecule has 0 N–H and O–H groups in total. The minimum atomic E-state index is -0.246. The van der Waals surface area contributed by atoms with Gasteiger partial charge in [-0.1, -0.05) is 50.0 Å². The van der Waals surface area contributed by atoms with E-state index in [0.29, 0.717) is 58.0 Å². The Morgan fingerprint density at radius 2 is 1.33 bits per heavy atom. The van der Waals surface area contributed by atoms with Gasteiger partial charge in [0.2, 0.25) is 0 Å². The second-order valence-corrected chi connectivity index (χ2v) is 8.41. The summed E-state index contributed by atoms with van der Waals surface area (Å²) in [6.45, 7) is 7.76. The molecule has 2 aromatic carbocycles. The summed E-state index contributed by atoms with van der Waals surface area (Å²) in [7, 11) is -0.246. The second-order valence-electron chi connectivity index (χ2n) is 6.39. The molecule has 0 radical (unpaired) electrons. The molecule has 0 aliphatic heterocycles. The van der Waals surface area contributed by atoms with Crippen molar-refractivity contribution in [1.82, 2.24) is 0 Å². The Kier molecular flexibility index (Phi) is 12.9. The van der Waals surface area contributed by atoms with Crippen LogP contribution in [0, 0.1) is 0 Å². The summed E-state index contributed by atoms with van der Waals surface area (Å²) in [6, 6.07) is 8.70. The predicted octanol–water partition coefficient (Wildman–Crippen LogP) is 5.86. The fraction of sp³-hybridized carbons (Fsp3) is 0.409. The average molecular weight is 465 g/mol. The van der Waals surface area contributed by atoms with Gasteiger partial charge in [-0.05, 0) is 40.0 Å². The van der Waals surface area contributed by atoms with E-state index in [2.05, 4.69) is 0 Å². The molecule has 2 rings (SSSR count). The van der Waals surface area contributed by atoms with Gasteiger partial charge in [0, 0.05) is 12.1 Å². The molecule has 160 valence electrons. The number of ether oxygens (including phenoxy) is 3. The molecule has 0 aromatic heterocycles. The molecule has 0 heterocycles. The molecule has 0 saturated carbocycles. The van der Waals surface area contributed by atoms with Crippen molar-refractivity contribution in [3.63, 3.8) is 0 Å². The Morgan fingerprint density at radius 3 is 1.80 bits per heavy atom.